The molecule has 1 atom stereocenters. The molecule has 134 valence electrons. The molecule has 1 heterocycles. The highest BCUT2D eigenvalue weighted by molar-refractivity contribution is 7.99. The first kappa shape index (κ1) is 19.5. The number of benzene rings is 1. The van der Waals surface area contributed by atoms with Crippen LogP contribution >= 0.6 is 11.8 Å². The van der Waals surface area contributed by atoms with Gasteiger partial charge in [-0.25, -0.2) is 0 Å². The Morgan fingerprint density at radius 2 is 1.76 bits per heavy atom. The minimum absolute atomic E-state index is 0.0488. The molecule has 4 heteroatoms. The largest absolute Gasteiger partial charge is 0.348 e. The van der Waals surface area contributed by atoms with Crippen molar-refractivity contribution in [2.75, 3.05) is 5.75 Å². The van der Waals surface area contributed by atoms with Crippen LogP contribution in [0.5, 0.6) is 0 Å². The number of carbonyl (C=O) groups is 1. The predicted octanol–water partition coefficient (Wildman–Crippen LogP) is 4.95. The second-order valence-electron chi connectivity index (χ2n) is 6.96. The lowest BCUT2D eigenvalue weighted by molar-refractivity contribution is -0.119. The molecular formula is C21H28N2OS. The highest BCUT2D eigenvalue weighted by atomic mass is 32.2. The normalized spacial score (nSPS) is 12.4. The third kappa shape index (κ3) is 6.20. The van der Waals surface area contributed by atoms with Crippen molar-refractivity contribution in [2.45, 2.75) is 45.4 Å². The zero-order valence-corrected chi connectivity index (χ0v) is 16.3. The first-order valence-electron chi connectivity index (χ1n) is 8.83. The summed E-state index contributed by atoms with van der Waals surface area (Å²) >= 11 is 1.62. The number of hydrogen-bond donors (Lipinski definition) is 1. The van der Waals surface area contributed by atoms with Crippen molar-refractivity contribution in [3.8, 4) is 0 Å². The molecular weight excluding hydrogens is 328 g/mol. The molecule has 1 unspecified atom stereocenters. The Bertz CT molecular complexity index is 653. The fourth-order valence-electron chi connectivity index (χ4n) is 2.68. The van der Waals surface area contributed by atoms with Gasteiger partial charge in [0, 0.05) is 18.1 Å². The van der Waals surface area contributed by atoms with Crippen molar-refractivity contribution in [1.29, 1.82) is 0 Å². The molecule has 2 rings (SSSR count). The van der Waals surface area contributed by atoms with Gasteiger partial charge in [0.05, 0.1) is 11.8 Å². The number of nitrogens with one attached hydrogen (secondary N) is 1. The van der Waals surface area contributed by atoms with Gasteiger partial charge in [-0.15, -0.1) is 11.8 Å². The number of amides is 1. The van der Waals surface area contributed by atoms with E-state index in [4.69, 9.17) is 0 Å². The Labute approximate surface area is 155 Å². The zero-order valence-electron chi connectivity index (χ0n) is 15.5. The molecule has 3 nitrogen and oxygen atoms in total. The molecule has 1 N–H and O–H groups in total. The quantitative estimate of drug-likeness (QED) is 0.727. The Morgan fingerprint density at radius 3 is 2.32 bits per heavy atom. The van der Waals surface area contributed by atoms with Gasteiger partial charge < -0.3 is 5.32 Å². The van der Waals surface area contributed by atoms with E-state index in [1.807, 2.05) is 18.3 Å². The SMILES string of the molecule is CC(C)c1ccc(C(NC(=O)CSCc2cccnc2)C(C)C)cc1. The second-order valence-corrected chi connectivity index (χ2v) is 7.95. The van der Waals surface area contributed by atoms with E-state index in [-0.39, 0.29) is 11.9 Å². The summed E-state index contributed by atoms with van der Waals surface area (Å²) in [6.07, 6.45) is 3.61. The molecule has 0 spiro atoms. The van der Waals surface area contributed by atoms with Crippen LogP contribution in [0.25, 0.3) is 0 Å². The third-order valence-electron chi connectivity index (χ3n) is 4.17. The number of carbonyl (C=O) groups excluding carboxylic acids is 1. The Morgan fingerprint density at radius 1 is 1.08 bits per heavy atom. The van der Waals surface area contributed by atoms with Crippen LogP contribution in [0.2, 0.25) is 0 Å². The van der Waals surface area contributed by atoms with Crippen molar-refractivity contribution in [1.82, 2.24) is 10.3 Å². The van der Waals surface area contributed by atoms with Crippen molar-refractivity contribution >= 4 is 17.7 Å². The van der Waals surface area contributed by atoms with E-state index >= 15 is 0 Å². The smallest absolute Gasteiger partial charge is 0.230 e. The standard InChI is InChI=1S/C21H28N2OS/c1-15(2)18-7-9-19(10-8-18)21(16(3)4)23-20(24)14-25-13-17-6-5-11-22-12-17/h5-12,15-16,21H,13-14H2,1-4H3,(H,23,24). The fourth-order valence-corrected chi connectivity index (χ4v) is 3.46. The molecule has 0 aliphatic rings. The topological polar surface area (TPSA) is 42.0 Å². The number of nitrogens with zero attached hydrogens (tertiary/aromatic N) is 1. The van der Waals surface area contributed by atoms with Gasteiger partial charge in [0.25, 0.3) is 0 Å². The van der Waals surface area contributed by atoms with Crippen molar-refractivity contribution in [3.05, 3.63) is 65.5 Å². The van der Waals surface area contributed by atoms with E-state index in [0.29, 0.717) is 17.6 Å². The number of aromatic nitrogens is 1. The Kier molecular flexibility index (Phi) is 7.51. The van der Waals surface area contributed by atoms with Crippen LogP contribution in [0.3, 0.4) is 0 Å². The fraction of sp³-hybridized carbons (Fsp3) is 0.429. The Hall–Kier alpha value is -1.81. The summed E-state index contributed by atoms with van der Waals surface area (Å²) in [4.78, 5) is 16.4. The number of thioether (sulfide) groups is 1. The molecule has 0 saturated carbocycles. The molecule has 1 aromatic heterocycles. The van der Waals surface area contributed by atoms with Gasteiger partial charge in [-0.1, -0.05) is 58.0 Å². The van der Waals surface area contributed by atoms with Gasteiger partial charge in [0.15, 0.2) is 0 Å². The van der Waals surface area contributed by atoms with Crippen LogP contribution in [0.1, 0.15) is 56.3 Å². The minimum atomic E-state index is 0.0488. The van der Waals surface area contributed by atoms with E-state index in [1.54, 1.807) is 18.0 Å². The van der Waals surface area contributed by atoms with E-state index in [1.165, 1.54) is 11.1 Å². The van der Waals surface area contributed by atoms with Gasteiger partial charge in [-0.3, -0.25) is 9.78 Å². The molecule has 0 aliphatic heterocycles. The lowest BCUT2D eigenvalue weighted by Gasteiger charge is -2.23. The maximum atomic E-state index is 12.3. The molecule has 0 saturated heterocycles. The summed E-state index contributed by atoms with van der Waals surface area (Å²) in [5, 5.41) is 3.19. The third-order valence-corrected chi connectivity index (χ3v) is 5.17. The molecule has 1 amide bonds. The summed E-state index contributed by atoms with van der Waals surface area (Å²) in [5.41, 5.74) is 3.64. The van der Waals surface area contributed by atoms with Crippen LogP contribution in [-0.4, -0.2) is 16.6 Å². The Balaban J connectivity index is 1.90. The first-order valence-corrected chi connectivity index (χ1v) is 9.98. The monoisotopic (exact) mass is 356 g/mol. The van der Waals surface area contributed by atoms with Crippen molar-refractivity contribution < 1.29 is 4.79 Å². The van der Waals surface area contributed by atoms with E-state index in [0.717, 1.165) is 11.3 Å². The van der Waals surface area contributed by atoms with Crippen LogP contribution in [0, 0.1) is 5.92 Å². The summed E-state index contributed by atoms with van der Waals surface area (Å²) in [6.45, 7) is 8.67. The molecule has 25 heavy (non-hydrogen) atoms. The molecule has 1 aromatic carbocycles. The summed E-state index contributed by atoms with van der Waals surface area (Å²) < 4.78 is 0. The van der Waals surface area contributed by atoms with E-state index in [2.05, 4.69) is 62.3 Å². The molecule has 0 radical (unpaired) electrons. The van der Waals surface area contributed by atoms with Crippen LogP contribution in [-0.2, 0) is 10.5 Å². The second kappa shape index (κ2) is 9.62. The van der Waals surface area contributed by atoms with Crippen molar-refractivity contribution in [2.24, 2.45) is 5.92 Å². The number of pyridine rings is 1. The average molecular weight is 357 g/mol. The van der Waals surface area contributed by atoms with Crippen LogP contribution in [0.15, 0.2) is 48.8 Å². The summed E-state index contributed by atoms with van der Waals surface area (Å²) in [6, 6.07) is 12.6. The lowest BCUT2D eigenvalue weighted by Crippen LogP contribution is -2.33. The van der Waals surface area contributed by atoms with E-state index < -0.39 is 0 Å². The predicted molar refractivity (Wildman–Crippen MR) is 107 cm³/mol. The number of hydrogen-bond acceptors (Lipinski definition) is 3. The number of rotatable bonds is 8. The minimum Gasteiger partial charge on any atom is -0.348 e. The van der Waals surface area contributed by atoms with Gasteiger partial charge in [0.1, 0.15) is 0 Å². The molecule has 0 fully saturated rings. The lowest BCUT2D eigenvalue weighted by atomic mass is 9.93. The van der Waals surface area contributed by atoms with Crippen LogP contribution in [0.4, 0.5) is 0 Å². The van der Waals surface area contributed by atoms with Gasteiger partial charge >= 0.3 is 0 Å². The van der Waals surface area contributed by atoms with Gasteiger partial charge in [0.2, 0.25) is 5.91 Å². The highest BCUT2D eigenvalue weighted by Crippen LogP contribution is 2.24. The maximum Gasteiger partial charge on any atom is 0.230 e. The molecule has 2 aromatic rings. The van der Waals surface area contributed by atoms with Gasteiger partial charge in [-0.2, -0.15) is 0 Å². The molecule has 0 bridgehead atoms. The highest BCUT2D eigenvalue weighted by Gasteiger charge is 2.18. The summed E-state index contributed by atoms with van der Waals surface area (Å²) in [5.74, 6) is 2.21. The average Bonchev–Trinajstić information content (AvgIpc) is 2.60. The van der Waals surface area contributed by atoms with Gasteiger partial charge in [-0.05, 0) is 34.6 Å². The zero-order chi connectivity index (χ0) is 18.2. The molecule has 0 aliphatic carbocycles. The van der Waals surface area contributed by atoms with Crippen LogP contribution < -0.4 is 5.32 Å². The van der Waals surface area contributed by atoms with E-state index in [9.17, 15) is 4.79 Å². The first-order chi connectivity index (χ1) is 12.0. The summed E-state index contributed by atoms with van der Waals surface area (Å²) in [7, 11) is 0. The van der Waals surface area contributed by atoms with Crippen molar-refractivity contribution in [3.63, 3.8) is 0 Å². The maximum absolute atomic E-state index is 12.3.